The normalized spacial score (nSPS) is 26.1. The highest BCUT2D eigenvalue weighted by molar-refractivity contribution is 6.25. The van der Waals surface area contributed by atoms with Gasteiger partial charge in [0.15, 0.2) is 5.78 Å². The molecule has 164 valence electrons. The van der Waals surface area contributed by atoms with Gasteiger partial charge in [0.25, 0.3) is 0 Å². The molecule has 0 spiro atoms. The van der Waals surface area contributed by atoms with Crippen molar-refractivity contribution in [3.8, 4) is 5.75 Å². The SMILES string of the molecule is COc1ccc(N2C(=O)[C@@H]3[C@H](C2=O)[C@@H](C(=O)C(C)(C)C)N2c4ccccc4C=C[C@@H]32)cc1. The quantitative estimate of drug-likeness (QED) is 0.695. The maximum absolute atomic E-state index is 13.7. The van der Waals surface area contributed by atoms with E-state index in [1.807, 2.05) is 62.1 Å². The first-order chi connectivity index (χ1) is 15.2. The van der Waals surface area contributed by atoms with Crippen LogP contribution < -0.4 is 14.5 Å². The summed E-state index contributed by atoms with van der Waals surface area (Å²) in [6.45, 7) is 5.60. The molecule has 2 amide bonds. The standard InChI is InChI=1S/C26H26N2O4/c1-26(2,3)23(29)22-21-20(19-14-9-15-7-5-6-8-18(15)28(19)22)24(30)27(25(21)31)16-10-12-17(32-4)13-11-16/h5-14,19-22H,1-4H3/t19-,20-,21-,22-/m0/s1. The Morgan fingerprint density at radius 1 is 0.938 bits per heavy atom. The Labute approximate surface area is 187 Å². The molecule has 2 fully saturated rings. The zero-order chi connectivity index (χ0) is 22.8. The highest BCUT2D eigenvalue weighted by atomic mass is 16.5. The van der Waals surface area contributed by atoms with E-state index in [0.717, 1.165) is 11.3 Å². The van der Waals surface area contributed by atoms with E-state index < -0.39 is 23.3 Å². The molecule has 2 saturated heterocycles. The zero-order valence-corrected chi connectivity index (χ0v) is 18.6. The second-order valence-electron chi connectivity index (χ2n) is 9.64. The molecule has 0 aliphatic carbocycles. The number of Topliss-reactive ketones (excluding diaryl/α,β-unsaturated/α-hetero) is 1. The van der Waals surface area contributed by atoms with E-state index in [1.165, 1.54) is 4.90 Å². The number of hydrogen-bond donors (Lipinski definition) is 0. The fourth-order valence-corrected chi connectivity index (χ4v) is 5.24. The monoisotopic (exact) mass is 430 g/mol. The van der Waals surface area contributed by atoms with E-state index in [0.29, 0.717) is 11.4 Å². The van der Waals surface area contributed by atoms with E-state index in [4.69, 9.17) is 4.74 Å². The van der Waals surface area contributed by atoms with Crippen LogP contribution in [0.4, 0.5) is 11.4 Å². The van der Waals surface area contributed by atoms with Crippen LogP contribution in [0.3, 0.4) is 0 Å². The van der Waals surface area contributed by atoms with Crippen LogP contribution in [-0.2, 0) is 14.4 Å². The van der Waals surface area contributed by atoms with E-state index in [1.54, 1.807) is 31.4 Å². The van der Waals surface area contributed by atoms with Crippen LogP contribution in [0.5, 0.6) is 5.75 Å². The number of amides is 2. The van der Waals surface area contributed by atoms with Crippen molar-refractivity contribution in [1.29, 1.82) is 0 Å². The maximum Gasteiger partial charge on any atom is 0.240 e. The molecule has 3 heterocycles. The summed E-state index contributed by atoms with van der Waals surface area (Å²) in [5.74, 6) is -1.28. The van der Waals surface area contributed by atoms with E-state index in [9.17, 15) is 14.4 Å². The number of anilines is 2. The lowest BCUT2D eigenvalue weighted by Gasteiger charge is -2.38. The number of para-hydroxylation sites is 1. The number of imide groups is 1. The number of nitrogens with zero attached hydrogens (tertiary/aromatic N) is 2. The van der Waals surface area contributed by atoms with E-state index in [2.05, 4.69) is 0 Å². The highest BCUT2D eigenvalue weighted by Crippen LogP contribution is 2.50. The van der Waals surface area contributed by atoms with Crippen LogP contribution in [-0.4, -0.2) is 36.8 Å². The minimum Gasteiger partial charge on any atom is -0.497 e. The summed E-state index contributed by atoms with van der Waals surface area (Å²) in [5, 5.41) is 0. The van der Waals surface area contributed by atoms with Crippen LogP contribution in [0.25, 0.3) is 6.08 Å². The fourth-order valence-electron chi connectivity index (χ4n) is 5.24. The van der Waals surface area contributed by atoms with Gasteiger partial charge in [0.1, 0.15) is 11.8 Å². The van der Waals surface area contributed by atoms with Gasteiger partial charge in [-0.2, -0.15) is 0 Å². The Hall–Kier alpha value is -3.41. The number of carbonyl (C=O) groups excluding carboxylic acids is 3. The number of methoxy groups -OCH3 is 1. The summed E-state index contributed by atoms with van der Waals surface area (Å²) in [6, 6.07) is 13.7. The van der Waals surface area contributed by atoms with Crippen molar-refractivity contribution in [3.63, 3.8) is 0 Å². The average Bonchev–Trinajstić information content (AvgIpc) is 3.25. The van der Waals surface area contributed by atoms with Crippen LogP contribution >= 0.6 is 0 Å². The van der Waals surface area contributed by atoms with Gasteiger partial charge in [-0.3, -0.25) is 14.4 Å². The van der Waals surface area contributed by atoms with E-state index >= 15 is 0 Å². The van der Waals surface area contributed by atoms with Crippen LogP contribution in [0, 0.1) is 17.3 Å². The largest absolute Gasteiger partial charge is 0.497 e. The third-order valence-electron chi connectivity index (χ3n) is 6.75. The Bertz CT molecular complexity index is 1150. The first kappa shape index (κ1) is 20.5. The third kappa shape index (κ3) is 2.82. The van der Waals surface area contributed by atoms with Crippen LogP contribution in [0.15, 0.2) is 54.6 Å². The van der Waals surface area contributed by atoms with Gasteiger partial charge in [0, 0.05) is 11.1 Å². The average molecular weight is 431 g/mol. The van der Waals surface area contributed by atoms with Crippen molar-refractivity contribution < 1.29 is 19.1 Å². The molecule has 0 N–H and O–H groups in total. The van der Waals surface area contributed by atoms with Gasteiger partial charge in [-0.25, -0.2) is 4.90 Å². The Morgan fingerprint density at radius 3 is 2.25 bits per heavy atom. The maximum atomic E-state index is 13.7. The molecule has 6 nitrogen and oxygen atoms in total. The molecule has 2 aromatic rings. The van der Waals surface area contributed by atoms with E-state index in [-0.39, 0.29) is 23.6 Å². The number of ketones is 1. The molecule has 4 atom stereocenters. The Morgan fingerprint density at radius 2 is 1.59 bits per heavy atom. The smallest absolute Gasteiger partial charge is 0.240 e. The predicted molar refractivity (Wildman–Crippen MR) is 122 cm³/mol. The highest BCUT2D eigenvalue weighted by Gasteiger charge is 2.64. The fraction of sp³-hybridized carbons (Fsp3) is 0.346. The molecule has 0 bridgehead atoms. The number of fused-ring (bicyclic) bond motifs is 5. The summed E-state index contributed by atoms with van der Waals surface area (Å²) in [6.07, 6.45) is 3.96. The molecule has 0 unspecified atom stereocenters. The predicted octanol–water partition coefficient (Wildman–Crippen LogP) is 3.70. The summed E-state index contributed by atoms with van der Waals surface area (Å²) in [5.41, 5.74) is 1.73. The lowest BCUT2D eigenvalue weighted by molar-refractivity contribution is -0.132. The number of hydrogen-bond acceptors (Lipinski definition) is 5. The number of benzene rings is 2. The third-order valence-corrected chi connectivity index (χ3v) is 6.75. The lowest BCUT2D eigenvalue weighted by atomic mass is 9.79. The summed E-state index contributed by atoms with van der Waals surface area (Å²) < 4.78 is 5.20. The molecular formula is C26H26N2O4. The van der Waals surface area contributed by atoms with Gasteiger partial charge in [-0.1, -0.05) is 51.1 Å². The topological polar surface area (TPSA) is 66.9 Å². The molecule has 3 aliphatic heterocycles. The van der Waals surface area contributed by atoms with Crippen molar-refractivity contribution in [2.45, 2.75) is 32.9 Å². The second-order valence-corrected chi connectivity index (χ2v) is 9.64. The number of carbonyl (C=O) groups is 3. The Balaban J connectivity index is 1.62. The zero-order valence-electron chi connectivity index (χ0n) is 18.6. The van der Waals surface area contributed by atoms with Crippen molar-refractivity contribution in [2.75, 3.05) is 16.9 Å². The van der Waals surface area contributed by atoms with Crippen molar-refractivity contribution >= 4 is 35.0 Å². The molecule has 0 aromatic heterocycles. The summed E-state index contributed by atoms with van der Waals surface area (Å²) >= 11 is 0. The van der Waals surface area contributed by atoms with Gasteiger partial charge in [-0.05, 0) is 35.9 Å². The Kier molecular flexibility index (Phi) is 4.52. The minimum absolute atomic E-state index is 0.0298. The molecule has 32 heavy (non-hydrogen) atoms. The molecule has 6 heteroatoms. The first-order valence-electron chi connectivity index (χ1n) is 10.9. The molecular weight excluding hydrogens is 404 g/mol. The van der Waals surface area contributed by atoms with Gasteiger partial charge in [0.2, 0.25) is 11.8 Å². The van der Waals surface area contributed by atoms with Crippen molar-refractivity contribution in [3.05, 3.63) is 60.2 Å². The van der Waals surface area contributed by atoms with Crippen LogP contribution in [0.2, 0.25) is 0 Å². The van der Waals surface area contributed by atoms with Gasteiger partial charge >= 0.3 is 0 Å². The number of rotatable bonds is 3. The van der Waals surface area contributed by atoms with Gasteiger partial charge in [0.05, 0.1) is 30.7 Å². The molecule has 3 aliphatic rings. The first-order valence-corrected chi connectivity index (χ1v) is 10.9. The second kappa shape index (κ2) is 7.05. The molecule has 5 rings (SSSR count). The van der Waals surface area contributed by atoms with Gasteiger partial charge < -0.3 is 9.64 Å². The molecule has 0 saturated carbocycles. The van der Waals surface area contributed by atoms with Crippen molar-refractivity contribution in [2.24, 2.45) is 17.3 Å². The molecule has 2 aromatic carbocycles. The minimum atomic E-state index is -0.725. The van der Waals surface area contributed by atoms with Gasteiger partial charge in [-0.15, -0.1) is 0 Å². The number of ether oxygens (including phenoxy) is 1. The summed E-state index contributed by atoms with van der Waals surface area (Å²) in [7, 11) is 1.57. The van der Waals surface area contributed by atoms with Crippen molar-refractivity contribution in [1.82, 2.24) is 0 Å². The molecule has 0 radical (unpaired) electrons. The van der Waals surface area contributed by atoms with Crippen LogP contribution in [0.1, 0.15) is 26.3 Å². The summed E-state index contributed by atoms with van der Waals surface area (Å²) in [4.78, 5) is 44.3. The lowest BCUT2D eigenvalue weighted by Crippen LogP contribution is -2.51.